The van der Waals surface area contributed by atoms with Crippen LogP contribution in [0.25, 0.3) is 6.08 Å². The number of thioether (sulfide) groups is 1. The van der Waals surface area contributed by atoms with Crippen LogP contribution in [0.5, 0.6) is 0 Å². The number of anilines is 1. The molecule has 0 aliphatic heterocycles. The number of carbonyl (C=O) groups is 2. The topological polar surface area (TPSA) is 73.2 Å². The van der Waals surface area contributed by atoms with Gasteiger partial charge < -0.3 is 10.1 Å². The quantitative estimate of drug-likeness (QED) is 0.454. The maximum absolute atomic E-state index is 12.2. The lowest BCUT2D eigenvalue weighted by molar-refractivity contribution is -0.148. The zero-order chi connectivity index (χ0) is 19.1. The van der Waals surface area contributed by atoms with Crippen LogP contribution < -0.4 is 5.32 Å². The van der Waals surface area contributed by atoms with Crippen molar-refractivity contribution in [2.45, 2.75) is 37.8 Å². The summed E-state index contributed by atoms with van der Waals surface area (Å²) in [6.45, 7) is 5.45. The highest BCUT2D eigenvalue weighted by atomic mass is 32.2. The highest BCUT2D eigenvalue weighted by Gasteiger charge is 2.18. The molecule has 6 nitrogen and oxygen atoms in total. The van der Waals surface area contributed by atoms with Crippen molar-refractivity contribution >= 4 is 35.5 Å². The van der Waals surface area contributed by atoms with Crippen molar-refractivity contribution in [2.24, 2.45) is 0 Å². The summed E-state index contributed by atoms with van der Waals surface area (Å²) in [6.07, 6.45) is 5.67. The van der Waals surface area contributed by atoms with Crippen molar-refractivity contribution in [3.8, 4) is 0 Å². The number of amides is 1. The zero-order valence-electron chi connectivity index (χ0n) is 15.3. The van der Waals surface area contributed by atoms with Crippen molar-refractivity contribution in [1.29, 1.82) is 0 Å². The van der Waals surface area contributed by atoms with E-state index in [0.717, 1.165) is 10.5 Å². The van der Waals surface area contributed by atoms with E-state index in [1.807, 2.05) is 44.4 Å². The number of esters is 1. The van der Waals surface area contributed by atoms with E-state index in [2.05, 4.69) is 10.4 Å². The van der Waals surface area contributed by atoms with Crippen LogP contribution in [0.4, 0.5) is 5.82 Å². The third kappa shape index (κ3) is 5.49. The van der Waals surface area contributed by atoms with Crippen LogP contribution in [-0.4, -0.2) is 34.0 Å². The van der Waals surface area contributed by atoms with Gasteiger partial charge >= 0.3 is 5.97 Å². The van der Waals surface area contributed by atoms with E-state index < -0.39 is 18.0 Å². The second kappa shape index (κ2) is 9.24. The Bertz CT molecular complexity index is 782. The Morgan fingerprint density at radius 1 is 1.19 bits per heavy atom. The van der Waals surface area contributed by atoms with Crippen molar-refractivity contribution < 1.29 is 14.3 Å². The van der Waals surface area contributed by atoms with Gasteiger partial charge in [0.15, 0.2) is 6.10 Å². The Morgan fingerprint density at radius 2 is 1.88 bits per heavy atom. The number of carbonyl (C=O) groups excluding carboxylic acids is 2. The monoisotopic (exact) mass is 373 g/mol. The Morgan fingerprint density at radius 3 is 2.50 bits per heavy atom. The summed E-state index contributed by atoms with van der Waals surface area (Å²) in [5.41, 5.74) is 0.887. The first-order valence-electron chi connectivity index (χ1n) is 8.28. The molecule has 0 aliphatic carbocycles. The van der Waals surface area contributed by atoms with Crippen LogP contribution in [0.1, 0.15) is 32.4 Å². The molecule has 0 saturated heterocycles. The van der Waals surface area contributed by atoms with E-state index in [1.165, 1.54) is 13.0 Å². The molecule has 0 aliphatic rings. The van der Waals surface area contributed by atoms with Crippen molar-refractivity contribution in [3.63, 3.8) is 0 Å². The van der Waals surface area contributed by atoms with Gasteiger partial charge in [-0.2, -0.15) is 5.10 Å². The highest BCUT2D eigenvalue weighted by Crippen LogP contribution is 2.16. The SMILES string of the molecule is CSc1ccc(/C=C/C(=O)O[C@H](C)C(=O)Nc2ccnn2C(C)C)cc1. The molecule has 0 spiro atoms. The molecule has 1 aromatic carbocycles. The Labute approximate surface area is 157 Å². The Balaban J connectivity index is 1.90. The van der Waals surface area contributed by atoms with Gasteiger partial charge in [-0.05, 0) is 50.8 Å². The van der Waals surface area contributed by atoms with Gasteiger partial charge in [-0.3, -0.25) is 4.79 Å². The van der Waals surface area contributed by atoms with E-state index in [0.29, 0.717) is 5.82 Å². The van der Waals surface area contributed by atoms with Gasteiger partial charge in [0.2, 0.25) is 0 Å². The van der Waals surface area contributed by atoms with Crippen LogP contribution in [0.3, 0.4) is 0 Å². The van der Waals surface area contributed by atoms with Gasteiger partial charge in [0.05, 0.1) is 6.20 Å². The third-order valence-electron chi connectivity index (χ3n) is 3.60. The van der Waals surface area contributed by atoms with E-state index in [4.69, 9.17) is 4.74 Å². The summed E-state index contributed by atoms with van der Waals surface area (Å²) in [6, 6.07) is 9.59. The largest absolute Gasteiger partial charge is 0.449 e. The lowest BCUT2D eigenvalue weighted by Gasteiger charge is -2.15. The summed E-state index contributed by atoms with van der Waals surface area (Å²) in [7, 11) is 0. The molecule has 1 aromatic heterocycles. The minimum absolute atomic E-state index is 0.110. The van der Waals surface area contributed by atoms with Gasteiger partial charge in [-0.1, -0.05) is 12.1 Å². The zero-order valence-corrected chi connectivity index (χ0v) is 16.1. The first-order chi connectivity index (χ1) is 12.4. The summed E-state index contributed by atoms with van der Waals surface area (Å²) in [5, 5.41) is 6.87. The highest BCUT2D eigenvalue weighted by molar-refractivity contribution is 7.98. The molecule has 1 amide bonds. The van der Waals surface area contributed by atoms with Crippen molar-refractivity contribution in [3.05, 3.63) is 48.2 Å². The second-order valence-electron chi connectivity index (χ2n) is 5.93. The summed E-state index contributed by atoms with van der Waals surface area (Å²) in [5.74, 6) is -0.408. The number of nitrogens with zero attached hydrogens (tertiary/aromatic N) is 2. The summed E-state index contributed by atoms with van der Waals surface area (Å²) >= 11 is 1.65. The van der Waals surface area contributed by atoms with Gasteiger partial charge in [0.1, 0.15) is 5.82 Å². The molecule has 0 bridgehead atoms. The number of benzene rings is 1. The maximum atomic E-state index is 12.2. The van der Waals surface area contributed by atoms with Crippen molar-refractivity contribution in [1.82, 2.24) is 9.78 Å². The fourth-order valence-electron chi connectivity index (χ4n) is 2.20. The number of hydrogen-bond donors (Lipinski definition) is 1. The van der Waals surface area contributed by atoms with Gasteiger partial charge in [0.25, 0.3) is 5.91 Å². The average Bonchev–Trinajstić information content (AvgIpc) is 3.08. The van der Waals surface area contributed by atoms with Crippen LogP contribution in [0.2, 0.25) is 0 Å². The molecule has 7 heteroatoms. The minimum atomic E-state index is -0.915. The minimum Gasteiger partial charge on any atom is -0.449 e. The van der Waals surface area contributed by atoms with E-state index >= 15 is 0 Å². The number of hydrogen-bond acceptors (Lipinski definition) is 5. The second-order valence-corrected chi connectivity index (χ2v) is 6.81. The van der Waals surface area contributed by atoms with E-state index in [1.54, 1.807) is 34.8 Å². The normalized spacial score (nSPS) is 12.3. The lowest BCUT2D eigenvalue weighted by Crippen LogP contribution is -2.30. The van der Waals surface area contributed by atoms with E-state index in [-0.39, 0.29) is 6.04 Å². The molecule has 0 unspecified atom stereocenters. The average molecular weight is 373 g/mol. The first kappa shape index (κ1) is 19.8. The summed E-state index contributed by atoms with van der Waals surface area (Å²) in [4.78, 5) is 25.3. The fraction of sp³-hybridized carbons (Fsp3) is 0.316. The summed E-state index contributed by atoms with van der Waals surface area (Å²) < 4.78 is 6.84. The lowest BCUT2D eigenvalue weighted by atomic mass is 10.2. The van der Waals surface area contributed by atoms with Gasteiger partial charge in [-0.15, -0.1) is 11.8 Å². The number of rotatable bonds is 7. The Hall–Kier alpha value is -2.54. The first-order valence-corrected chi connectivity index (χ1v) is 9.50. The molecule has 0 radical (unpaired) electrons. The molecule has 138 valence electrons. The Kier molecular flexibility index (Phi) is 7.03. The predicted molar refractivity (Wildman–Crippen MR) is 104 cm³/mol. The molecule has 26 heavy (non-hydrogen) atoms. The smallest absolute Gasteiger partial charge is 0.331 e. The van der Waals surface area contributed by atoms with Crippen LogP contribution >= 0.6 is 11.8 Å². The predicted octanol–water partition coefficient (Wildman–Crippen LogP) is 3.77. The fourth-order valence-corrected chi connectivity index (χ4v) is 2.61. The molecule has 0 saturated carbocycles. The molecule has 1 atom stereocenters. The van der Waals surface area contributed by atoms with Gasteiger partial charge in [0, 0.05) is 23.1 Å². The number of ether oxygens (including phenoxy) is 1. The van der Waals surface area contributed by atoms with Crippen LogP contribution in [-0.2, 0) is 14.3 Å². The van der Waals surface area contributed by atoms with Gasteiger partial charge in [-0.25, -0.2) is 9.48 Å². The molecular formula is C19H23N3O3S. The molecule has 1 N–H and O–H groups in total. The molecular weight excluding hydrogens is 350 g/mol. The molecule has 2 rings (SSSR count). The number of aromatic nitrogens is 2. The molecule has 2 aromatic rings. The van der Waals surface area contributed by atoms with E-state index in [9.17, 15) is 9.59 Å². The number of nitrogens with one attached hydrogen (secondary N) is 1. The third-order valence-corrected chi connectivity index (χ3v) is 4.34. The molecule has 0 fully saturated rings. The van der Waals surface area contributed by atoms with Crippen LogP contribution in [0, 0.1) is 0 Å². The standard InChI is InChI=1S/C19H23N3O3S/c1-13(2)22-17(11-12-20-22)21-19(24)14(3)25-18(23)10-7-15-5-8-16(26-4)9-6-15/h5-14H,1-4H3,(H,21,24)/b10-7+/t14-/m1/s1. The van der Waals surface area contributed by atoms with Crippen LogP contribution in [0.15, 0.2) is 47.5 Å². The molecule has 1 heterocycles. The maximum Gasteiger partial charge on any atom is 0.331 e. The van der Waals surface area contributed by atoms with Crippen molar-refractivity contribution in [2.75, 3.05) is 11.6 Å².